The van der Waals surface area contributed by atoms with Crippen LogP contribution in [0.3, 0.4) is 0 Å². The maximum Gasteiger partial charge on any atom is 0.258 e. The smallest absolute Gasteiger partial charge is 0.258 e. The number of nitrogens with one attached hydrogen (secondary N) is 1. The quantitative estimate of drug-likeness (QED) is 0.543. The second-order valence-electron chi connectivity index (χ2n) is 10.2. The SMILES string of the molecule is Cc1ccc(S(=O)(=O)N(C)C[C@@H]2Oc3c(NC(=O)C4CC4)cccc3C(=O)N([C@@H](C)CO)C[C@H]2C)cc1. The van der Waals surface area contributed by atoms with Crippen LogP contribution in [0.1, 0.15) is 42.6 Å². The number of carbonyl (C=O) groups is 2. The summed E-state index contributed by atoms with van der Waals surface area (Å²) in [6.07, 6.45) is 1.01. The van der Waals surface area contributed by atoms with Crippen LogP contribution in [0.4, 0.5) is 5.69 Å². The van der Waals surface area contributed by atoms with Gasteiger partial charge in [-0.25, -0.2) is 8.42 Å². The minimum Gasteiger partial charge on any atom is -0.486 e. The van der Waals surface area contributed by atoms with Crippen molar-refractivity contribution in [3.05, 3.63) is 53.6 Å². The van der Waals surface area contributed by atoms with Gasteiger partial charge in [0, 0.05) is 25.4 Å². The fraction of sp³-hybridized carbons (Fsp3) is 0.481. The number of rotatable bonds is 8. The highest BCUT2D eigenvalue weighted by molar-refractivity contribution is 7.89. The Morgan fingerprint density at radius 2 is 1.89 bits per heavy atom. The lowest BCUT2D eigenvalue weighted by Gasteiger charge is -2.38. The normalized spacial score (nSPS) is 21.0. The fourth-order valence-corrected chi connectivity index (χ4v) is 5.56. The molecule has 0 aromatic heterocycles. The standard InChI is InChI=1S/C27H35N3O6S/c1-17-8-12-21(13-9-17)37(34,35)29(4)15-24-18(2)14-30(19(3)16-31)27(33)22-6-5-7-23(25(22)36-24)28-26(32)20-10-11-20/h5-9,12-13,18-20,24,31H,10-11,14-16H2,1-4H3,(H,28,32)/t18-,19+,24+/m1/s1. The number of amides is 2. The zero-order chi connectivity index (χ0) is 26.9. The van der Waals surface area contributed by atoms with Crippen LogP contribution in [-0.4, -0.2) is 73.4 Å². The molecule has 2 N–H and O–H groups in total. The van der Waals surface area contributed by atoms with E-state index >= 15 is 0 Å². The Hall–Kier alpha value is -2.95. The molecule has 1 saturated carbocycles. The number of aliphatic hydroxyl groups is 1. The minimum atomic E-state index is -3.79. The topological polar surface area (TPSA) is 116 Å². The molecule has 1 fully saturated rings. The van der Waals surface area contributed by atoms with Gasteiger partial charge in [-0.05, 0) is 51.0 Å². The van der Waals surface area contributed by atoms with Gasteiger partial charge in [0.1, 0.15) is 6.10 Å². The van der Waals surface area contributed by atoms with Crippen molar-refractivity contribution in [2.45, 2.75) is 50.7 Å². The number of aryl methyl sites for hydroxylation is 1. The number of benzene rings is 2. The van der Waals surface area contributed by atoms with Crippen LogP contribution >= 0.6 is 0 Å². The van der Waals surface area contributed by atoms with E-state index in [1.54, 1.807) is 54.3 Å². The average molecular weight is 530 g/mol. The maximum atomic E-state index is 13.5. The molecule has 2 aliphatic rings. The van der Waals surface area contributed by atoms with Crippen LogP contribution in [0.25, 0.3) is 0 Å². The number of para-hydroxylation sites is 1. The second kappa shape index (κ2) is 10.8. The van der Waals surface area contributed by atoms with Crippen molar-refractivity contribution >= 4 is 27.5 Å². The largest absolute Gasteiger partial charge is 0.486 e. The van der Waals surface area contributed by atoms with E-state index < -0.39 is 22.2 Å². The van der Waals surface area contributed by atoms with Crippen LogP contribution in [-0.2, 0) is 14.8 Å². The Kier molecular flexibility index (Phi) is 7.91. The molecule has 10 heteroatoms. The molecule has 1 aliphatic heterocycles. The van der Waals surface area contributed by atoms with Crippen molar-refractivity contribution in [2.75, 3.05) is 32.1 Å². The van der Waals surface area contributed by atoms with E-state index in [0.717, 1.165) is 18.4 Å². The van der Waals surface area contributed by atoms with E-state index in [1.807, 2.05) is 13.8 Å². The number of aliphatic hydroxyl groups excluding tert-OH is 1. The Morgan fingerprint density at radius 3 is 2.51 bits per heavy atom. The van der Waals surface area contributed by atoms with Crippen LogP contribution in [0.5, 0.6) is 5.75 Å². The molecule has 1 aliphatic carbocycles. The van der Waals surface area contributed by atoms with Gasteiger partial charge in [0.2, 0.25) is 15.9 Å². The first-order valence-corrected chi connectivity index (χ1v) is 14.0. The summed E-state index contributed by atoms with van der Waals surface area (Å²) in [5.74, 6) is -0.560. The second-order valence-corrected chi connectivity index (χ2v) is 12.2. The van der Waals surface area contributed by atoms with Gasteiger partial charge in [-0.15, -0.1) is 0 Å². The summed E-state index contributed by atoms with van der Waals surface area (Å²) in [5, 5.41) is 12.7. The molecule has 4 rings (SSSR count). The maximum absolute atomic E-state index is 13.5. The predicted molar refractivity (Wildman–Crippen MR) is 140 cm³/mol. The Balaban J connectivity index is 1.70. The number of hydrogen-bond acceptors (Lipinski definition) is 6. The van der Waals surface area contributed by atoms with Crippen LogP contribution < -0.4 is 10.1 Å². The van der Waals surface area contributed by atoms with Crippen LogP contribution in [0, 0.1) is 18.8 Å². The van der Waals surface area contributed by atoms with E-state index in [4.69, 9.17) is 4.74 Å². The number of sulfonamides is 1. The molecule has 0 radical (unpaired) electrons. The van der Waals surface area contributed by atoms with Gasteiger partial charge in [-0.1, -0.05) is 30.7 Å². The van der Waals surface area contributed by atoms with Crippen molar-refractivity contribution in [3.8, 4) is 5.75 Å². The third-order valence-corrected chi connectivity index (χ3v) is 8.90. The average Bonchev–Trinajstić information content (AvgIpc) is 3.72. The predicted octanol–water partition coefficient (Wildman–Crippen LogP) is 2.88. The van der Waals surface area contributed by atoms with Gasteiger partial charge >= 0.3 is 0 Å². The van der Waals surface area contributed by atoms with Crippen molar-refractivity contribution in [1.82, 2.24) is 9.21 Å². The summed E-state index contributed by atoms with van der Waals surface area (Å²) in [4.78, 5) is 27.9. The fourth-order valence-electron chi connectivity index (χ4n) is 4.38. The number of fused-ring (bicyclic) bond motifs is 1. The van der Waals surface area contributed by atoms with E-state index in [-0.39, 0.29) is 59.6 Å². The summed E-state index contributed by atoms with van der Waals surface area (Å²) in [7, 11) is -2.29. The molecule has 0 unspecified atom stereocenters. The summed E-state index contributed by atoms with van der Waals surface area (Å²) in [6, 6.07) is 11.2. The van der Waals surface area contributed by atoms with Crippen molar-refractivity contribution in [3.63, 3.8) is 0 Å². The first-order valence-electron chi connectivity index (χ1n) is 12.6. The van der Waals surface area contributed by atoms with Crippen molar-refractivity contribution in [1.29, 1.82) is 0 Å². The highest BCUT2D eigenvalue weighted by atomic mass is 32.2. The number of carbonyl (C=O) groups excluding carboxylic acids is 2. The number of anilines is 1. The van der Waals surface area contributed by atoms with Crippen LogP contribution in [0.2, 0.25) is 0 Å². The van der Waals surface area contributed by atoms with Gasteiger partial charge < -0.3 is 20.1 Å². The summed E-state index contributed by atoms with van der Waals surface area (Å²) < 4.78 is 34.3. The molecule has 0 saturated heterocycles. The highest BCUT2D eigenvalue weighted by Gasteiger charge is 2.37. The van der Waals surface area contributed by atoms with Gasteiger partial charge in [0.25, 0.3) is 5.91 Å². The van der Waals surface area contributed by atoms with Crippen LogP contribution in [0.15, 0.2) is 47.4 Å². The monoisotopic (exact) mass is 529 g/mol. The summed E-state index contributed by atoms with van der Waals surface area (Å²) >= 11 is 0. The molecule has 2 amide bonds. The molecule has 9 nitrogen and oxygen atoms in total. The molecule has 37 heavy (non-hydrogen) atoms. The molecule has 2 aromatic carbocycles. The van der Waals surface area contributed by atoms with E-state index in [2.05, 4.69) is 5.32 Å². The molecule has 0 spiro atoms. The molecule has 0 bridgehead atoms. The lowest BCUT2D eigenvalue weighted by Crippen LogP contribution is -2.50. The molecule has 1 heterocycles. The van der Waals surface area contributed by atoms with Gasteiger partial charge in [-0.2, -0.15) is 4.31 Å². The zero-order valence-electron chi connectivity index (χ0n) is 21.7. The van der Waals surface area contributed by atoms with Gasteiger partial charge in [0.05, 0.1) is 35.3 Å². The molecule has 3 atom stereocenters. The number of ether oxygens (including phenoxy) is 1. The van der Waals surface area contributed by atoms with E-state index in [1.165, 1.54) is 11.4 Å². The third kappa shape index (κ3) is 5.81. The Bertz CT molecular complexity index is 1260. The zero-order valence-corrected chi connectivity index (χ0v) is 22.5. The molecule has 2 aromatic rings. The number of likely N-dealkylation sites (N-methyl/N-ethyl adjacent to an activating group) is 1. The number of nitrogens with zero attached hydrogens (tertiary/aromatic N) is 2. The minimum absolute atomic E-state index is 0.0251. The lowest BCUT2D eigenvalue weighted by molar-refractivity contribution is -0.117. The summed E-state index contributed by atoms with van der Waals surface area (Å²) in [5.41, 5.74) is 1.59. The van der Waals surface area contributed by atoms with Gasteiger partial charge in [-0.3, -0.25) is 9.59 Å². The highest BCUT2D eigenvalue weighted by Crippen LogP contribution is 2.37. The Labute approximate surface area is 218 Å². The van der Waals surface area contributed by atoms with Crippen molar-refractivity contribution < 1.29 is 27.9 Å². The van der Waals surface area contributed by atoms with Gasteiger partial charge in [0.15, 0.2) is 5.75 Å². The molecular formula is C27H35N3O6S. The Morgan fingerprint density at radius 1 is 1.22 bits per heavy atom. The first kappa shape index (κ1) is 27.1. The summed E-state index contributed by atoms with van der Waals surface area (Å²) in [6.45, 7) is 5.60. The number of hydrogen-bond donors (Lipinski definition) is 2. The van der Waals surface area contributed by atoms with Crippen molar-refractivity contribution in [2.24, 2.45) is 11.8 Å². The lowest BCUT2D eigenvalue weighted by atomic mass is 9.99. The third-order valence-electron chi connectivity index (χ3n) is 7.06. The molecule has 200 valence electrons. The molecular weight excluding hydrogens is 494 g/mol. The first-order chi connectivity index (χ1) is 17.5. The van der Waals surface area contributed by atoms with E-state index in [0.29, 0.717) is 5.69 Å². The van der Waals surface area contributed by atoms with E-state index in [9.17, 15) is 23.1 Å².